The quantitative estimate of drug-likeness (QED) is 0.840. The van der Waals surface area contributed by atoms with Crippen LogP contribution in [0.25, 0.3) is 11.4 Å². The molecule has 0 spiro atoms. The van der Waals surface area contributed by atoms with Crippen LogP contribution in [0.2, 0.25) is 0 Å². The van der Waals surface area contributed by atoms with Crippen molar-refractivity contribution >= 4 is 5.91 Å². The highest BCUT2D eigenvalue weighted by Crippen LogP contribution is 2.15. The molecule has 7 nitrogen and oxygen atoms in total. The first kappa shape index (κ1) is 11.8. The van der Waals surface area contributed by atoms with Crippen molar-refractivity contribution in [3.8, 4) is 11.4 Å². The maximum atomic E-state index is 12.2. The Morgan fingerprint density at radius 2 is 1.95 bits per heavy atom. The van der Waals surface area contributed by atoms with Crippen molar-refractivity contribution in [2.24, 2.45) is 0 Å². The van der Waals surface area contributed by atoms with E-state index in [1.54, 1.807) is 17.0 Å². The van der Waals surface area contributed by atoms with Crippen molar-refractivity contribution in [3.63, 3.8) is 0 Å². The lowest BCUT2D eigenvalue weighted by Crippen LogP contribution is -2.40. The molecule has 0 radical (unpaired) electrons. The van der Waals surface area contributed by atoms with Crippen molar-refractivity contribution in [1.82, 2.24) is 25.5 Å². The van der Waals surface area contributed by atoms with Crippen LogP contribution in [0.5, 0.6) is 0 Å². The van der Waals surface area contributed by atoms with Gasteiger partial charge in [0.15, 0.2) is 0 Å². The number of amides is 1. The number of ether oxygens (including phenoxy) is 1. The standard InChI is InChI=1S/C12H13N5O2/c18-12(17-5-7-19-8-6-17)10-3-1-9(2-4-10)11-13-15-16-14-11/h1-4H,5-8H2,(H,13,14,15,16). The van der Waals surface area contributed by atoms with Gasteiger partial charge in [0.25, 0.3) is 5.91 Å². The monoisotopic (exact) mass is 259 g/mol. The summed E-state index contributed by atoms with van der Waals surface area (Å²) in [5.74, 6) is 0.549. The second-order valence-corrected chi connectivity index (χ2v) is 4.22. The lowest BCUT2D eigenvalue weighted by Gasteiger charge is -2.26. The fourth-order valence-corrected chi connectivity index (χ4v) is 1.99. The molecule has 2 aromatic rings. The third-order valence-electron chi connectivity index (χ3n) is 3.03. The molecule has 2 heterocycles. The van der Waals surface area contributed by atoms with Crippen molar-refractivity contribution in [3.05, 3.63) is 29.8 Å². The summed E-state index contributed by atoms with van der Waals surface area (Å²) in [6.45, 7) is 2.50. The maximum absolute atomic E-state index is 12.2. The Labute approximate surface area is 109 Å². The molecule has 1 saturated heterocycles. The first-order chi connectivity index (χ1) is 9.34. The van der Waals surface area contributed by atoms with Gasteiger partial charge in [0.1, 0.15) is 0 Å². The molecule has 0 unspecified atom stereocenters. The number of hydrogen-bond acceptors (Lipinski definition) is 5. The molecule has 1 aliphatic rings. The van der Waals surface area contributed by atoms with E-state index < -0.39 is 0 Å². The number of nitrogens with zero attached hydrogens (tertiary/aromatic N) is 4. The van der Waals surface area contributed by atoms with Gasteiger partial charge in [-0.15, -0.1) is 10.2 Å². The smallest absolute Gasteiger partial charge is 0.254 e. The Morgan fingerprint density at radius 1 is 1.21 bits per heavy atom. The number of rotatable bonds is 2. The number of aromatic nitrogens is 4. The van der Waals surface area contributed by atoms with Crippen molar-refractivity contribution < 1.29 is 9.53 Å². The molecule has 1 aliphatic heterocycles. The fourth-order valence-electron chi connectivity index (χ4n) is 1.99. The molecule has 0 bridgehead atoms. The first-order valence-corrected chi connectivity index (χ1v) is 6.05. The second kappa shape index (κ2) is 5.15. The van der Waals surface area contributed by atoms with Gasteiger partial charge in [-0.25, -0.2) is 0 Å². The van der Waals surface area contributed by atoms with Crippen LogP contribution in [0.1, 0.15) is 10.4 Å². The third kappa shape index (κ3) is 2.45. The van der Waals surface area contributed by atoms with Gasteiger partial charge < -0.3 is 9.64 Å². The summed E-state index contributed by atoms with van der Waals surface area (Å²) in [6, 6.07) is 7.20. The van der Waals surface area contributed by atoms with Crippen LogP contribution in [0.15, 0.2) is 24.3 Å². The average Bonchev–Trinajstić information content (AvgIpc) is 3.02. The summed E-state index contributed by atoms with van der Waals surface area (Å²) in [5, 5.41) is 13.7. The van der Waals surface area contributed by atoms with Crippen molar-refractivity contribution in [2.75, 3.05) is 26.3 Å². The van der Waals surface area contributed by atoms with Crippen LogP contribution in [-0.4, -0.2) is 57.7 Å². The van der Waals surface area contributed by atoms with Gasteiger partial charge in [0, 0.05) is 24.2 Å². The largest absolute Gasteiger partial charge is 0.378 e. The minimum atomic E-state index is 0.0305. The SMILES string of the molecule is O=C(c1ccc(-c2nn[nH]n2)cc1)N1CCOCC1. The van der Waals surface area contributed by atoms with E-state index in [2.05, 4.69) is 20.6 Å². The fraction of sp³-hybridized carbons (Fsp3) is 0.333. The third-order valence-corrected chi connectivity index (χ3v) is 3.03. The van der Waals surface area contributed by atoms with E-state index in [0.717, 1.165) is 5.56 Å². The molecule has 1 aromatic heterocycles. The topological polar surface area (TPSA) is 84.0 Å². The van der Waals surface area contributed by atoms with E-state index in [4.69, 9.17) is 4.74 Å². The molecule has 7 heteroatoms. The molecular formula is C12H13N5O2. The van der Waals surface area contributed by atoms with E-state index in [9.17, 15) is 4.79 Å². The van der Waals surface area contributed by atoms with E-state index in [-0.39, 0.29) is 5.91 Å². The van der Waals surface area contributed by atoms with E-state index in [1.807, 2.05) is 12.1 Å². The second-order valence-electron chi connectivity index (χ2n) is 4.22. The molecule has 1 aromatic carbocycles. The highest BCUT2D eigenvalue weighted by Gasteiger charge is 2.18. The van der Waals surface area contributed by atoms with Gasteiger partial charge in [-0.2, -0.15) is 5.21 Å². The number of hydrogen-bond donors (Lipinski definition) is 1. The molecular weight excluding hydrogens is 246 g/mol. The Balaban J connectivity index is 1.76. The highest BCUT2D eigenvalue weighted by atomic mass is 16.5. The maximum Gasteiger partial charge on any atom is 0.254 e. The van der Waals surface area contributed by atoms with Gasteiger partial charge >= 0.3 is 0 Å². The van der Waals surface area contributed by atoms with Crippen molar-refractivity contribution in [2.45, 2.75) is 0 Å². The number of benzene rings is 1. The molecule has 1 fully saturated rings. The molecule has 1 amide bonds. The predicted molar refractivity (Wildman–Crippen MR) is 66.3 cm³/mol. The van der Waals surface area contributed by atoms with Crippen LogP contribution in [-0.2, 0) is 4.74 Å². The van der Waals surface area contributed by atoms with Crippen LogP contribution >= 0.6 is 0 Å². The minimum Gasteiger partial charge on any atom is -0.378 e. The number of nitrogens with one attached hydrogen (secondary N) is 1. The molecule has 3 rings (SSSR count). The Kier molecular flexibility index (Phi) is 3.20. The summed E-state index contributed by atoms with van der Waals surface area (Å²) in [7, 11) is 0. The predicted octanol–water partition coefficient (Wildman–Crippen LogP) is 0.339. The molecule has 0 atom stereocenters. The van der Waals surface area contributed by atoms with Crippen LogP contribution in [0, 0.1) is 0 Å². The molecule has 19 heavy (non-hydrogen) atoms. The summed E-state index contributed by atoms with van der Waals surface area (Å²) < 4.78 is 5.23. The van der Waals surface area contributed by atoms with Crippen LogP contribution in [0.4, 0.5) is 0 Å². The number of tetrazole rings is 1. The van der Waals surface area contributed by atoms with Crippen LogP contribution in [0.3, 0.4) is 0 Å². The van der Waals surface area contributed by atoms with Crippen molar-refractivity contribution in [1.29, 1.82) is 0 Å². The zero-order valence-corrected chi connectivity index (χ0v) is 10.2. The zero-order valence-electron chi connectivity index (χ0n) is 10.2. The Bertz CT molecular complexity index is 546. The van der Waals surface area contributed by atoms with E-state index in [0.29, 0.717) is 37.7 Å². The number of carbonyl (C=O) groups is 1. The molecule has 0 saturated carbocycles. The average molecular weight is 259 g/mol. The van der Waals surface area contributed by atoms with E-state index >= 15 is 0 Å². The molecule has 98 valence electrons. The van der Waals surface area contributed by atoms with Gasteiger partial charge in [-0.3, -0.25) is 4.79 Å². The summed E-state index contributed by atoms with van der Waals surface area (Å²) >= 11 is 0. The highest BCUT2D eigenvalue weighted by molar-refractivity contribution is 5.94. The van der Waals surface area contributed by atoms with E-state index in [1.165, 1.54) is 0 Å². The molecule has 1 N–H and O–H groups in total. The summed E-state index contributed by atoms with van der Waals surface area (Å²) in [5.41, 5.74) is 1.49. The van der Waals surface area contributed by atoms with Crippen LogP contribution < -0.4 is 0 Å². The summed E-state index contributed by atoms with van der Waals surface area (Å²) in [4.78, 5) is 14.0. The van der Waals surface area contributed by atoms with Gasteiger partial charge in [-0.1, -0.05) is 12.1 Å². The lowest BCUT2D eigenvalue weighted by molar-refractivity contribution is 0.0303. The van der Waals surface area contributed by atoms with Gasteiger partial charge in [0.05, 0.1) is 13.2 Å². The first-order valence-electron chi connectivity index (χ1n) is 6.05. The van der Waals surface area contributed by atoms with Gasteiger partial charge in [-0.05, 0) is 17.3 Å². The Hall–Kier alpha value is -2.28. The minimum absolute atomic E-state index is 0.0305. The lowest BCUT2D eigenvalue weighted by atomic mass is 10.1. The zero-order chi connectivity index (χ0) is 13.1. The normalized spacial score (nSPS) is 15.5. The van der Waals surface area contributed by atoms with Gasteiger partial charge in [0.2, 0.25) is 5.82 Å². The number of morpholine rings is 1. The number of H-pyrrole nitrogens is 1. The molecule has 0 aliphatic carbocycles. The summed E-state index contributed by atoms with van der Waals surface area (Å²) in [6.07, 6.45) is 0. The number of carbonyl (C=O) groups excluding carboxylic acids is 1. The number of aromatic amines is 1. The Morgan fingerprint density at radius 3 is 2.58 bits per heavy atom.